The number of carbonyl (C=O) groups is 2. The van der Waals surface area contributed by atoms with Crippen molar-refractivity contribution in [2.75, 3.05) is 14.1 Å². The van der Waals surface area contributed by atoms with E-state index in [9.17, 15) is 14.7 Å². The molecule has 0 aromatic heterocycles. The van der Waals surface area contributed by atoms with Gasteiger partial charge in [-0.25, -0.2) is 0 Å². The fourth-order valence-electron chi connectivity index (χ4n) is 9.02. The quantitative estimate of drug-likeness (QED) is 0.255. The monoisotopic (exact) mass is 628 g/mol. The topological polar surface area (TPSA) is 79.3 Å². The van der Waals surface area contributed by atoms with Gasteiger partial charge >= 0.3 is 11.9 Å². The van der Waals surface area contributed by atoms with Crippen LogP contribution >= 0.6 is 0 Å². The van der Waals surface area contributed by atoms with E-state index in [-0.39, 0.29) is 16.8 Å². The lowest BCUT2D eigenvalue weighted by Gasteiger charge is -2.58. The number of phenolic OH excluding ortho intramolecular Hbond substituents is 1. The molecule has 1 aromatic carbocycles. The van der Waals surface area contributed by atoms with Gasteiger partial charge in [-0.1, -0.05) is 53.7 Å². The first-order chi connectivity index (χ1) is 20.2. The summed E-state index contributed by atoms with van der Waals surface area (Å²) in [5.41, 5.74) is -2.48. The normalized spacial score (nSPS) is 26.1. The zero-order valence-corrected chi connectivity index (χ0v) is 31.3. The third-order valence-corrected chi connectivity index (χ3v) is 12.3. The number of ether oxygens (including phenoxy) is 2. The maximum atomic E-state index is 15.0. The predicted octanol–water partition coefficient (Wildman–Crippen LogP) is 7.73. The highest BCUT2D eigenvalue weighted by molar-refractivity contribution is 5.97. The molecular formula is C38H64N2O5. The summed E-state index contributed by atoms with van der Waals surface area (Å²) < 4.78 is 13.1. The van der Waals surface area contributed by atoms with Gasteiger partial charge in [0.05, 0.1) is 11.1 Å². The number of benzene rings is 1. The maximum Gasteiger partial charge on any atom is 0.321 e. The Labute approximate surface area is 274 Å². The third kappa shape index (κ3) is 6.42. The lowest BCUT2D eigenvalue weighted by Crippen LogP contribution is -2.66. The first kappa shape index (κ1) is 37.3. The van der Waals surface area contributed by atoms with Crippen molar-refractivity contribution >= 4 is 11.9 Å². The van der Waals surface area contributed by atoms with Crippen LogP contribution in [0.2, 0.25) is 0 Å². The molecule has 256 valence electrons. The average molecular weight is 629 g/mol. The molecule has 0 spiro atoms. The van der Waals surface area contributed by atoms with E-state index in [2.05, 4.69) is 121 Å². The summed E-state index contributed by atoms with van der Waals surface area (Å²) in [5, 5.41) is 10.3. The van der Waals surface area contributed by atoms with Gasteiger partial charge in [-0.3, -0.25) is 19.4 Å². The molecule has 3 rings (SSSR count). The molecule has 7 nitrogen and oxygen atoms in total. The number of phenols is 1. The number of likely N-dealkylation sites (N-methyl/N-ethyl adjacent to an activating group) is 2. The van der Waals surface area contributed by atoms with Crippen molar-refractivity contribution in [2.24, 2.45) is 16.7 Å². The molecule has 0 saturated carbocycles. The lowest BCUT2D eigenvalue weighted by atomic mass is 9.46. The maximum absolute atomic E-state index is 15.0. The Morgan fingerprint density at radius 3 is 1.36 bits per heavy atom. The molecule has 2 saturated heterocycles. The second-order valence-electron chi connectivity index (χ2n) is 18.3. The molecule has 45 heavy (non-hydrogen) atoms. The van der Waals surface area contributed by atoms with E-state index < -0.39 is 57.4 Å². The predicted molar refractivity (Wildman–Crippen MR) is 182 cm³/mol. The summed E-state index contributed by atoms with van der Waals surface area (Å²) in [6.45, 7) is 29.8. The fraction of sp³-hybridized carbons (Fsp3) is 0.789. The number of likely N-dealkylation sites (tertiary alicyclic amines) is 2. The van der Waals surface area contributed by atoms with Gasteiger partial charge in [0.1, 0.15) is 18.0 Å². The summed E-state index contributed by atoms with van der Waals surface area (Å²) in [4.78, 5) is 34.5. The number of nitrogens with zero attached hydrogens (tertiary/aromatic N) is 2. The Balaban J connectivity index is 2.23. The van der Waals surface area contributed by atoms with E-state index in [0.717, 1.165) is 18.4 Å². The van der Waals surface area contributed by atoms with Gasteiger partial charge < -0.3 is 14.6 Å². The van der Waals surface area contributed by atoms with Crippen LogP contribution < -0.4 is 0 Å². The minimum atomic E-state index is -1.26. The van der Waals surface area contributed by atoms with Crippen LogP contribution in [0.15, 0.2) is 24.3 Å². The Kier molecular flexibility index (Phi) is 9.83. The van der Waals surface area contributed by atoms with Crippen LogP contribution in [0.25, 0.3) is 0 Å². The molecule has 2 unspecified atom stereocenters. The first-order valence-electron chi connectivity index (χ1n) is 16.8. The molecule has 1 aromatic rings. The highest BCUT2D eigenvalue weighted by atomic mass is 16.6. The number of piperidine rings is 2. The van der Waals surface area contributed by atoms with E-state index >= 15 is 0 Å². The second kappa shape index (κ2) is 11.8. The van der Waals surface area contributed by atoms with Crippen LogP contribution in [0.5, 0.6) is 5.75 Å². The smallest absolute Gasteiger partial charge is 0.321 e. The van der Waals surface area contributed by atoms with Crippen molar-refractivity contribution in [3.05, 3.63) is 29.8 Å². The van der Waals surface area contributed by atoms with Gasteiger partial charge in [-0.05, 0) is 124 Å². The molecule has 0 amide bonds. The number of hydrogen-bond donors (Lipinski definition) is 1. The molecule has 7 heteroatoms. The molecule has 2 heterocycles. The zero-order valence-electron chi connectivity index (χ0n) is 31.3. The number of esters is 2. The van der Waals surface area contributed by atoms with Gasteiger partial charge in [0.25, 0.3) is 0 Å². The van der Waals surface area contributed by atoms with Crippen LogP contribution in [-0.2, 0) is 24.5 Å². The minimum absolute atomic E-state index is 0.0519. The molecule has 0 aliphatic carbocycles. The minimum Gasteiger partial charge on any atom is -0.508 e. The Morgan fingerprint density at radius 2 is 1.04 bits per heavy atom. The van der Waals surface area contributed by atoms with Gasteiger partial charge in [-0.15, -0.1) is 0 Å². The molecule has 2 aliphatic heterocycles. The first-order valence-corrected chi connectivity index (χ1v) is 16.8. The third-order valence-electron chi connectivity index (χ3n) is 12.3. The zero-order chi connectivity index (χ0) is 34.8. The standard InChI is InChI=1S/C38H64N2O5/c1-32(2,3)38(33(4,5)6,25-17-19-26(41)20-18-25)29(30(42)44-27-21-23-34(7,8)39(15)36(27,11)12)31(43)45-28-22-24-35(9,10)40(16)37(28,13)14/h17-20,27-29,41H,21-24H2,1-16H3. The molecule has 2 aliphatic rings. The summed E-state index contributed by atoms with van der Waals surface area (Å²) in [6.07, 6.45) is 2.30. The van der Waals surface area contributed by atoms with E-state index in [1.807, 2.05) is 12.1 Å². The van der Waals surface area contributed by atoms with Crippen molar-refractivity contribution in [3.63, 3.8) is 0 Å². The van der Waals surface area contributed by atoms with E-state index in [0.29, 0.717) is 12.8 Å². The van der Waals surface area contributed by atoms with Gasteiger partial charge in [0.15, 0.2) is 5.92 Å². The Hall–Kier alpha value is -2.12. The van der Waals surface area contributed by atoms with Crippen LogP contribution in [-0.4, -0.2) is 75.3 Å². The summed E-state index contributed by atoms with van der Waals surface area (Å²) in [7, 11) is 4.17. The number of carbonyl (C=O) groups excluding carboxylic acids is 2. The van der Waals surface area contributed by atoms with Gasteiger partial charge in [0.2, 0.25) is 0 Å². The van der Waals surface area contributed by atoms with Crippen LogP contribution in [0, 0.1) is 16.7 Å². The van der Waals surface area contributed by atoms with Gasteiger partial charge in [0, 0.05) is 16.5 Å². The van der Waals surface area contributed by atoms with Crippen molar-refractivity contribution in [1.82, 2.24) is 9.80 Å². The summed E-state index contributed by atoms with van der Waals surface area (Å²) in [6, 6.07) is 6.97. The second-order valence-corrected chi connectivity index (χ2v) is 18.3. The molecule has 2 atom stereocenters. The summed E-state index contributed by atoms with van der Waals surface area (Å²) in [5.74, 6) is -2.23. The Morgan fingerprint density at radius 1 is 0.711 bits per heavy atom. The Bertz CT molecular complexity index is 1160. The van der Waals surface area contributed by atoms with Crippen molar-refractivity contribution in [3.8, 4) is 5.75 Å². The highest BCUT2D eigenvalue weighted by Crippen LogP contribution is 2.59. The largest absolute Gasteiger partial charge is 0.508 e. The highest BCUT2D eigenvalue weighted by Gasteiger charge is 2.64. The number of rotatable bonds is 6. The number of hydrogen-bond acceptors (Lipinski definition) is 7. The van der Waals surface area contributed by atoms with Crippen LogP contribution in [0.3, 0.4) is 0 Å². The SMILES string of the molecule is CN1C(C)(C)CCC(OC(=O)C(C(=O)OC2CCC(C)(C)N(C)C2(C)C)C(c2ccc(O)cc2)(C(C)(C)C)C(C)(C)C)C1(C)C. The fourth-order valence-corrected chi connectivity index (χ4v) is 9.02. The van der Waals surface area contributed by atoms with Crippen molar-refractivity contribution < 1.29 is 24.2 Å². The molecule has 0 radical (unpaired) electrons. The average Bonchev–Trinajstić information content (AvgIpc) is 2.88. The lowest BCUT2D eigenvalue weighted by molar-refractivity contribution is -0.196. The van der Waals surface area contributed by atoms with Crippen LogP contribution in [0.4, 0.5) is 0 Å². The molecule has 0 bridgehead atoms. The number of aromatic hydroxyl groups is 1. The van der Waals surface area contributed by atoms with E-state index in [1.165, 1.54) is 0 Å². The van der Waals surface area contributed by atoms with Crippen molar-refractivity contribution in [2.45, 2.75) is 162 Å². The van der Waals surface area contributed by atoms with Crippen LogP contribution in [0.1, 0.15) is 128 Å². The summed E-state index contributed by atoms with van der Waals surface area (Å²) >= 11 is 0. The van der Waals surface area contributed by atoms with E-state index in [1.54, 1.807) is 12.1 Å². The van der Waals surface area contributed by atoms with E-state index in [4.69, 9.17) is 9.47 Å². The molecule has 2 fully saturated rings. The molecular weight excluding hydrogens is 564 g/mol. The van der Waals surface area contributed by atoms with Gasteiger partial charge in [-0.2, -0.15) is 0 Å². The molecule has 1 N–H and O–H groups in total. The van der Waals surface area contributed by atoms with Crippen molar-refractivity contribution in [1.29, 1.82) is 0 Å².